The maximum Gasteiger partial charge on any atom is 0.226 e. The molecule has 1 aliphatic rings. The van der Waals surface area contributed by atoms with Crippen molar-refractivity contribution >= 4 is 28.8 Å². The maximum atomic E-state index is 12.3. The summed E-state index contributed by atoms with van der Waals surface area (Å²) < 4.78 is 11.3. The number of rotatable bonds is 6. The number of carbonyl (C=O) groups is 1. The zero-order chi connectivity index (χ0) is 20.1. The normalized spacial score (nSPS) is 13.0. The number of nitrogens with one attached hydrogen (secondary N) is 1. The molecule has 0 radical (unpaired) electrons. The Morgan fingerprint density at radius 3 is 2.83 bits per heavy atom. The minimum absolute atomic E-state index is 0.0789. The quantitative estimate of drug-likeness (QED) is 0.631. The second-order valence-electron chi connectivity index (χ2n) is 6.80. The van der Waals surface area contributed by atoms with Crippen LogP contribution in [0.15, 0.2) is 47.8 Å². The van der Waals surface area contributed by atoms with Gasteiger partial charge in [0.25, 0.3) is 0 Å². The summed E-state index contributed by atoms with van der Waals surface area (Å²) in [6.07, 6.45) is 1.85. The van der Waals surface area contributed by atoms with Crippen LogP contribution in [-0.2, 0) is 24.2 Å². The molecular formula is C22H21ClN2O3S. The number of carbonyl (C=O) groups excluding carboxylic acids is 1. The van der Waals surface area contributed by atoms with Crippen LogP contribution >= 0.6 is 22.9 Å². The molecule has 2 heterocycles. The van der Waals surface area contributed by atoms with Gasteiger partial charge in [0.1, 0.15) is 0 Å². The average Bonchev–Trinajstić information content (AvgIpc) is 3.00. The van der Waals surface area contributed by atoms with E-state index in [1.807, 2.05) is 29.6 Å². The Morgan fingerprint density at radius 2 is 1.97 bits per heavy atom. The number of amides is 1. The summed E-state index contributed by atoms with van der Waals surface area (Å²) in [5, 5.41) is 6.38. The van der Waals surface area contributed by atoms with Crippen LogP contribution in [0.1, 0.15) is 28.2 Å². The third-order valence-electron chi connectivity index (χ3n) is 4.49. The van der Waals surface area contributed by atoms with Crippen molar-refractivity contribution in [1.29, 1.82) is 0 Å². The molecule has 0 saturated carbocycles. The third kappa shape index (κ3) is 5.28. The van der Waals surface area contributed by atoms with Gasteiger partial charge >= 0.3 is 0 Å². The van der Waals surface area contributed by atoms with Gasteiger partial charge in [-0.05, 0) is 23.3 Å². The van der Waals surface area contributed by atoms with Gasteiger partial charge in [0, 0.05) is 24.8 Å². The summed E-state index contributed by atoms with van der Waals surface area (Å²) in [4.78, 5) is 16.9. The van der Waals surface area contributed by atoms with Crippen molar-refractivity contribution in [3.8, 4) is 11.5 Å². The van der Waals surface area contributed by atoms with Gasteiger partial charge in [-0.25, -0.2) is 4.98 Å². The third-order valence-corrected chi connectivity index (χ3v) is 5.67. The molecule has 1 aliphatic heterocycles. The summed E-state index contributed by atoms with van der Waals surface area (Å²) in [7, 11) is 0. The van der Waals surface area contributed by atoms with Crippen molar-refractivity contribution < 1.29 is 14.3 Å². The molecule has 150 valence electrons. The summed E-state index contributed by atoms with van der Waals surface area (Å²) in [6, 6.07) is 13.9. The number of ether oxygens (including phenoxy) is 2. The lowest BCUT2D eigenvalue weighted by Crippen LogP contribution is -2.24. The van der Waals surface area contributed by atoms with E-state index in [9.17, 15) is 4.79 Å². The van der Waals surface area contributed by atoms with Gasteiger partial charge in [-0.15, -0.1) is 11.3 Å². The molecule has 0 fully saturated rings. The van der Waals surface area contributed by atoms with Crippen LogP contribution in [0, 0.1) is 0 Å². The fourth-order valence-corrected chi connectivity index (χ4v) is 4.21. The highest BCUT2D eigenvalue weighted by Gasteiger charge is 2.16. The smallest absolute Gasteiger partial charge is 0.226 e. The standard InChI is InChI=1S/C22H21ClN2O3S/c23-18-9-16(10-19-22(18)28-8-4-7-27-19)13-24-20(26)12-17-14-29-21(25-17)11-15-5-2-1-3-6-15/h1-3,5-6,9-10,14H,4,7-8,11-13H2,(H,24,26). The van der Waals surface area contributed by atoms with E-state index in [2.05, 4.69) is 22.4 Å². The van der Waals surface area contributed by atoms with Crippen molar-refractivity contribution in [2.24, 2.45) is 0 Å². The number of thiazole rings is 1. The van der Waals surface area contributed by atoms with Crippen LogP contribution in [0.3, 0.4) is 0 Å². The molecule has 29 heavy (non-hydrogen) atoms. The second-order valence-corrected chi connectivity index (χ2v) is 8.15. The molecular weight excluding hydrogens is 408 g/mol. The van der Waals surface area contributed by atoms with Crippen LogP contribution in [0.25, 0.3) is 0 Å². The Balaban J connectivity index is 1.32. The van der Waals surface area contributed by atoms with E-state index < -0.39 is 0 Å². The predicted octanol–water partition coefficient (Wildman–Crippen LogP) is 4.41. The predicted molar refractivity (Wildman–Crippen MR) is 114 cm³/mol. The zero-order valence-electron chi connectivity index (χ0n) is 15.8. The Bertz CT molecular complexity index is 991. The van der Waals surface area contributed by atoms with Crippen molar-refractivity contribution in [2.45, 2.75) is 25.8 Å². The Morgan fingerprint density at radius 1 is 1.14 bits per heavy atom. The minimum atomic E-state index is -0.0789. The first-order chi connectivity index (χ1) is 14.2. The second kappa shape index (κ2) is 9.29. The molecule has 0 aliphatic carbocycles. The first-order valence-electron chi connectivity index (χ1n) is 9.49. The average molecular weight is 429 g/mol. The number of hydrogen-bond donors (Lipinski definition) is 1. The molecule has 2 aromatic carbocycles. The Labute approximate surface area is 178 Å². The molecule has 1 amide bonds. The van der Waals surface area contributed by atoms with E-state index in [0.29, 0.717) is 36.3 Å². The fourth-order valence-electron chi connectivity index (χ4n) is 3.10. The molecule has 3 aromatic rings. The molecule has 0 unspecified atom stereocenters. The van der Waals surface area contributed by atoms with E-state index >= 15 is 0 Å². The summed E-state index contributed by atoms with van der Waals surface area (Å²) in [5.41, 5.74) is 2.87. The van der Waals surface area contributed by atoms with Crippen LogP contribution < -0.4 is 14.8 Å². The molecule has 0 atom stereocenters. The van der Waals surface area contributed by atoms with Crippen LogP contribution in [0.2, 0.25) is 5.02 Å². The zero-order valence-corrected chi connectivity index (χ0v) is 17.4. The molecule has 0 spiro atoms. The van der Waals surface area contributed by atoms with Crippen LogP contribution in [0.4, 0.5) is 0 Å². The maximum absolute atomic E-state index is 12.3. The monoisotopic (exact) mass is 428 g/mol. The summed E-state index contributed by atoms with van der Waals surface area (Å²) in [5.74, 6) is 1.13. The van der Waals surface area contributed by atoms with Gasteiger partial charge in [-0.3, -0.25) is 4.79 Å². The lowest BCUT2D eigenvalue weighted by molar-refractivity contribution is -0.120. The highest BCUT2D eigenvalue weighted by molar-refractivity contribution is 7.09. The first-order valence-corrected chi connectivity index (χ1v) is 10.7. The van der Waals surface area contributed by atoms with E-state index in [1.54, 1.807) is 17.4 Å². The van der Waals surface area contributed by atoms with Crippen molar-refractivity contribution in [1.82, 2.24) is 10.3 Å². The molecule has 1 aromatic heterocycles. The molecule has 7 heteroatoms. The molecule has 1 N–H and O–H groups in total. The van der Waals surface area contributed by atoms with Gasteiger partial charge in [-0.1, -0.05) is 41.9 Å². The topological polar surface area (TPSA) is 60.5 Å². The van der Waals surface area contributed by atoms with E-state index in [4.69, 9.17) is 21.1 Å². The Kier molecular flexibility index (Phi) is 6.32. The van der Waals surface area contributed by atoms with Crippen molar-refractivity contribution in [2.75, 3.05) is 13.2 Å². The van der Waals surface area contributed by atoms with Gasteiger partial charge in [0.15, 0.2) is 11.5 Å². The number of aromatic nitrogens is 1. The Hall–Kier alpha value is -2.57. The highest BCUT2D eigenvalue weighted by Crippen LogP contribution is 2.37. The number of halogens is 1. The summed E-state index contributed by atoms with van der Waals surface area (Å²) >= 11 is 7.89. The van der Waals surface area contributed by atoms with Gasteiger partial charge in [-0.2, -0.15) is 0 Å². The van der Waals surface area contributed by atoms with Crippen molar-refractivity contribution in [3.63, 3.8) is 0 Å². The van der Waals surface area contributed by atoms with Gasteiger partial charge in [0.2, 0.25) is 5.91 Å². The SMILES string of the molecule is O=C(Cc1csc(Cc2ccccc2)n1)NCc1cc(Cl)c2c(c1)OCCCO2. The molecule has 0 bridgehead atoms. The number of benzene rings is 2. The first kappa shape index (κ1) is 19.7. The van der Waals surface area contributed by atoms with Crippen LogP contribution in [0.5, 0.6) is 11.5 Å². The van der Waals surface area contributed by atoms with E-state index in [1.165, 1.54) is 5.56 Å². The molecule has 0 saturated heterocycles. The highest BCUT2D eigenvalue weighted by atomic mass is 35.5. The largest absolute Gasteiger partial charge is 0.489 e. The fraction of sp³-hybridized carbons (Fsp3) is 0.273. The molecule has 4 rings (SSSR count). The number of nitrogens with zero attached hydrogens (tertiary/aromatic N) is 1. The van der Waals surface area contributed by atoms with E-state index in [-0.39, 0.29) is 12.3 Å². The van der Waals surface area contributed by atoms with Crippen molar-refractivity contribution in [3.05, 3.63) is 74.7 Å². The lowest BCUT2D eigenvalue weighted by atomic mass is 10.2. The van der Waals surface area contributed by atoms with Crippen LogP contribution in [-0.4, -0.2) is 24.1 Å². The van der Waals surface area contributed by atoms with Gasteiger partial charge < -0.3 is 14.8 Å². The number of fused-ring (bicyclic) bond motifs is 1. The van der Waals surface area contributed by atoms with Gasteiger partial charge in [0.05, 0.1) is 35.4 Å². The van der Waals surface area contributed by atoms with E-state index in [0.717, 1.165) is 29.1 Å². The lowest BCUT2D eigenvalue weighted by Gasteiger charge is -2.12. The minimum Gasteiger partial charge on any atom is -0.489 e. The molecule has 5 nitrogen and oxygen atoms in total. The summed E-state index contributed by atoms with van der Waals surface area (Å²) in [6.45, 7) is 1.55. The number of hydrogen-bond acceptors (Lipinski definition) is 5.